The van der Waals surface area contributed by atoms with Crippen LogP contribution < -0.4 is 5.32 Å². The van der Waals surface area contributed by atoms with Gasteiger partial charge in [-0.2, -0.15) is 0 Å². The quantitative estimate of drug-likeness (QED) is 0.898. The Bertz CT molecular complexity index is 467. The zero-order chi connectivity index (χ0) is 14.8. The van der Waals surface area contributed by atoms with Crippen LogP contribution in [0.2, 0.25) is 0 Å². The van der Waals surface area contributed by atoms with Gasteiger partial charge in [-0.3, -0.25) is 4.79 Å². The molecule has 1 unspecified atom stereocenters. The number of morpholine rings is 1. The van der Waals surface area contributed by atoms with Gasteiger partial charge in [-0.1, -0.05) is 25.3 Å². The SMILES string of the molecule is CNCC1CN(C(=O)c2snnc2C(C)(C)C)CCO1. The van der Waals surface area contributed by atoms with Gasteiger partial charge in [0, 0.05) is 25.0 Å². The van der Waals surface area contributed by atoms with Crippen LogP contribution in [0.15, 0.2) is 0 Å². The lowest BCUT2D eigenvalue weighted by Gasteiger charge is -2.33. The number of carbonyl (C=O) groups excluding carboxylic acids is 1. The third-order valence-electron chi connectivity index (χ3n) is 3.25. The molecule has 0 aliphatic carbocycles. The van der Waals surface area contributed by atoms with Crippen molar-refractivity contribution in [2.45, 2.75) is 32.3 Å². The Morgan fingerprint density at radius 1 is 1.55 bits per heavy atom. The number of rotatable bonds is 3. The van der Waals surface area contributed by atoms with Crippen LogP contribution in [-0.2, 0) is 10.2 Å². The van der Waals surface area contributed by atoms with Gasteiger partial charge in [0.25, 0.3) is 5.91 Å². The number of ether oxygens (including phenoxy) is 1. The Hall–Kier alpha value is -1.05. The maximum absolute atomic E-state index is 12.7. The second-order valence-electron chi connectivity index (χ2n) is 6.00. The monoisotopic (exact) mass is 298 g/mol. The van der Waals surface area contributed by atoms with Crippen LogP contribution in [0.3, 0.4) is 0 Å². The minimum absolute atomic E-state index is 0.0225. The first-order chi connectivity index (χ1) is 9.43. The van der Waals surface area contributed by atoms with E-state index < -0.39 is 0 Å². The molecule has 112 valence electrons. The van der Waals surface area contributed by atoms with Gasteiger partial charge in [0.05, 0.1) is 18.4 Å². The van der Waals surface area contributed by atoms with Crippen molar-refractivity contribution in [3.05, 3.63) is 10.6 Å². The highest BCUT2D eigenvalue weighted by molar-refractivity contribution is 7.08. The molecule has 20 heavy (non-hydrogen) atoms. The number of aromatic nitrogens is 2. The summed E-state index contributed by atoms with van der Waals surface area (Å²) in [5.41, 5.74) is 0.610. The number of carbonyl (C=O) groups is 1. The molecule has 1 aromatic heterocycles. The molecule has 0 saturated carbocycles. The third kappa shape index (κ3) is 3.34. The molecule has 0 aromatic carbocycles. The molecule has 1 N–H and O–H groups in total. The van der Waals surface area contributed by atoms with E-state index in [9.17, 15) is 4.79 Å². The van der Waals surface area contributed by atoms with Crippen molar-refractivity contribution in [2.75, 3.05) is 33.3 Å². The molecule has 6 nitrogen and oxygen atoms in total. The molecule has 2 rings (SSSR count). The predicted molar refractivity (Wildman–Crippen MR) is 78.2 cm³/mol. The molecule has 1 fully saturated rings. The number of amides is 1. The van der Waals surface area contributed by atoms with E-state index in [1.54, 1.807) is 0 Å². The molecule has 0 spiro atoms. The summed E-state index contributed by atoms with van der Waals surface area (Å²) in [5.74, 6) is 0.0225. The maximum Gasteiger partial charge on any atom is 0.267 e. The smallest absolute Gasteiger partial charge is 0.267 e. The summed E-state index contributed by atoms with van der Waals surface area (Å²) in [5, 5.41) is 7.22. The normalized spacial score (nSPS) is 20.2. The summed E-state index contributed by atoms with van der Waals surface area (Å²) >= 11 is 1.18. The van der Waals surface area contributed by atoms with E-state index in [1.165, 1.54) is 11.5 Å². The third-order valence-corrected chi connectivity index (χ3v) is 3.96. The van der Waals surface area contributed by atoms with Gasteiger partial charge in [0.2, 0.25) is 0 Å². The standard InChI is InChI=1S/C13H22N4O2S/c1-13(2,3)11-10(20-16-15-11)12(18)17-5-6-19-9(8-17)7-14-4/h9,14H,5-8H2,1-4H3. The molecule has 1 aromatic rings. The van der Waals surface area contributed by atoms with Gasteiger partial charge in [-0.25, -0.2) is 0 Å². The molecule has 0 radical (unpaired) electrons. The molecule has 1 aliphatic heterocycles. The molecule has 2 heterocycles. The van der Waals surface area contributed by atoms with Crippen LogP contribution in [0, 0.1) is 0 Å². The second kappa shape index (κ2) is 6.15. The van der Waals surface area contributed by atoms with Crippen LogP contribution in [-0.4, -0.2) is 59.8 Å². The topological polar surface area (TPSA) is 67.4 Å². The van der Waals surface area contributed by atoms with E-state index in [2.05, 4.69) is 14.9 Å². The van der Waals surface area contributed by atoms with Crippen molar-refractivity contribution in [1.29, 1.82) is 0 Å². The minimum Gasteiger partial charge on any atom is -0.373 e. The van der Waals surface area contributed by atoms with E-state index in [-0.39, 0.29) is 17.4 Å². The van der Waals surface area contributed by atoms with Crippen LogP contribution >= 0.6 is 11.5 Å². The highest BCUT2D eigenvalue weighted by atomic mass is 32.1. The molecule has 1 atom stereocenters. The van der Waals surface area contributed by atoms with Crippen molar-refractivity contribution in [3.63, 3.8) is 0 Å². The predicted octanol–water partition coefficient (Wildman–Crippen LogP) is 0.896. The summed E-state index contributed by atoms with van der Waals surface area (Å²) in [6.07, 6.45) is 0.0525. The summed E-state index contributed by atoms with van der Waals surface area (Å²) in [7, 11) is 1.88. The first-order valence-electron chi connectivity index (χ1n) is 6.81. The van der Waals surface area contributed by atoms with Gasteiger partial charge in [0.1, 0.15) is 4.88 Å². The van der Waals surface area contributed by atoms with Crippen LogP contribution in [0.25, 0.3) is 0 Å². The second-order valence-corrected chi connectivity index (χ2v) is 6.76. The molecule has 0 bridgehead atoms. The van der Waals surface area contributed by atoms with Gasteiger partial charge >= 0.3 is 0 Å². The van der Waals surface area contributed by atoms with Gasteiger partial charge in [-0.15, -0.1) is 5.10 Å². The summed E-state index contributed by atoms with van der Waals surface area (Å²) in [6.45, 7) is 8.70. The highest BCUT2D eigenvalue weighted by Crippen LogP contribution is 2.27. The summed E-state index contributed by atoms with van der Waals surface area (Å²) < 4.78 is 9.59. The van der Waals surface area contributed by atoms with Crippen LogP contribution in [0.5, 0.6) is 0 Å². The molecular weight excluding hydrogens is 276 g/mol. The number of hydrogen-bond acceptors (Lipinski definition) is 6. The number of nitrogens with one attached hydrogen (secondary N) is 1. The van der Waals surface area contributed by atoms with Crippen molar-refractivity contribution < 1.29 is 9.53 Å². The van der Waals surface area contributed by atoms with Crippen LogP contribution in [0.1, 0.15) is 36.1 Å². The van der Waals surface area contributed by atoms with Crippen molar-refractivity contribution in [3.8, 4) is 0 Å². The van der Waals surface area contributed by atoms with Gasteiger partial charge in [-0.05, 0) is 18.6 Å². The van der Waals surface area contributed by atoms with E-state index in [0.29, 0.717) is 24.6 Å². The van der Waals surface area contributed by atoms with Gasteiger partial charge < -0.3 is 15.0 Å². The van der Waals surface area contributed by atoms with E-state index in [0.717, 1.165) is 12.2 Å². The number of likely N-dealkylation sites (N-methyl/N-ethyl adjacent to an activating group) is 1. The van der Waals surface area contributed by atoms with E-state index in [1.807, 2.05) is 32.7 Å². The Morgan fingerprint density at radius 2 is 2.30 bits per heavy atom. The Labute approximate surface area is 123 Å². The lowest BCUT2D eigenvalue weighted by molar-refractivity contribution is -0.0195. The molecule has 1 saturated heterocycles. The lowest BCUT2D eigenvalue weighted by atomic mass is 9.91. The zero-order valence-corrected chi connectivity index (χ0v) is 13.3. The first-order valence-corrected chi connectivity index (χ1v) is 7.59. The fourth-order valence-electron chi connectivity index (χ4n) is 2.22. The molecular formula is C13H22N4O2S. The van der Waals surface area contributed by atoms with E-state index in [4.69, 9.17) is 4.74 Å². The fourth-order valence-corrected chi connectivity index (χ4v) is 3.07. The molecule has 1 amide bonds. The first kappa shape index (κ1) is 15.3. The minimum atomic E-state index is -0.172. The highest BCUT2D eigenvalue weighted by Gasteiger charge is 2.31. The number of nitrogens with zero attached hydrogens (tertiary/aromatic N) is 3. The van der Waals surface area contributed by atoms with Gasteiger partial charge in [0.15, 0.2) is 0 Å². The average Bonchev–Trinajstić information content (AvgIpc) is 2.87. The Kier molecular flexibility index (Phi) is 4.72. The largest absolute Gasteiger partial charge is 0.373 e. The molecule has 1 aliphatic rings. The van der Waals surface area contributed by atoms with Crippen molar-refractivity contribution in [2.24, 2.45) is 0 Å². The Balaban J connectivity index is 2.13. The zero-order valence-electron chi connectivity index (χ0n) is 12.5. The average molecular weight is 298 g/mol. The van der Waals surface area contributed by atoms with E-state index >= 15 is 0 Å². The molecule has 7 heteroatoms. The Morgan fingerprint density at radius 3 is 2.95 bits per heavy atom. The fraction of sp³-hybridized carbons (Fsp3) is 0.769. The van der Waals surface area contributed by atoms with Crippen molar-refractivity contribution in [1.82, 2.24) is 19.8 Å². The van der Waals surface area contributed by atoms with Crippen LogP contribution in [0.4, 0.5) is 0 Å². The maximum atomic E-state index is 12.7. The summed E-state index contributed by atoms with van der Waals surface area (Å²) in [4.78, 5) is 15.2. The lowest BCUT2D eigenvalue weighted by Crippen LogP contribution is -2.48. The summed E-state index contributed by atoms with van der Waals surface area (Å²) in [6, 6.07) is 0. The van der Waals surface area contributed by atoms with Crippen molar-refractivity contribution >= 4 is 17.4 Å². The number of hydrogen-bond donors (Lipinski definition) is 1.